The lowest BCUT2D eigenvalue weighted by atomic mass is 9.91. The normalized spacial score (nSPS) is 17.4. The van der Waals surface area contributed by atoms with Gasteiger partial charge in [0.1, 0.15) is 5.75 Å². The fourth-order valence-corrected chi connectivity index (χ4v) is 4.05. The summed E-state index contributed by atoms with van der Waals surface area (Å²) in [6.45, 7) is 6.53. The van der Waals surface area contributed by atoms with Crippen molar-refractivity contribution in [3.05, 3.63) is 70.9 Å². The summed E-state index contributed by atoms with van der Waals surface area (Å²) in [6.07, 6.45) is 4.48. The molecule has 2 aromatic rings. The van der Waals surface area contributed by atoms with Gasteiger partial charge in [-0.3, -0.25) is 0 Å². The number of nitrogens with one attached hydrogen (secondary N) is 2. The Kier molecular flexibility index (Phi) is 5.63. The van der Waals surface area contributed by atoms with Gasteiger partial charge in [0.25, 0.3) is 0 Å². The van der Waals surface area contributed by atoms with E-state index in [0.29, 0.717) is 0 Å². The van der Waals surface area contributed by atoms with Crippen LogP contribution in [0.25, 0.3) is 11.3 Å². The first-order chi connectivity index (χ1) is 14.1. The van der Waals surface area contributed by atoms with Crippen LogP contribution in [0.2, 0.25) is 0 Å². The van der Waals surface area contributed by atoms with Crippen molar-refractivity contribution in [2.75, 3.05) is 32.6 Å². The van der Waals surface area contributed by atoms with E-state index in [1.54, 1.807) is 7.11 Å². The molecule has 0 saturated heterocycles. The summed E-state index contributed by atoms with van der Waals surface area (Å²) in [5.74, 6) is 0.873. The van der Waals surface area contributed by atoms with E-state index < -0.39 is 0 Å². The lowest BCUT2D eigenvalue weighted by Gasteiger charge is -2.25. The maximum absolute atomic E-state index is 5.40. The van der Waals surface area contributed by atoms with Gasteiger partial charge in [-0.1, -0.05) is 31.2 Å². The summed E-state index contributed by atoms with van der Waals surface area (Å²) < 4.78 is 5.40. The van der Waals surface area contributed by atoms with Gasteiger partial charge in [0.05, 0.1) is 18.8 Å². The minimum absolute atomic E-state index is 0.228. The van der Waals surface area contributed by atoms with Gasteiger partial charge in [-0.2, -0.15) is 0 Å². The summed E-state index contributed by atoms with van der Waals surface area (Å²) in [4.78, 5) is 2.36. The van der Waals surface area contributed by atoms with Crippen molar-refractivity contribution in [2.45, 2.75) is 32.7 Å². The molecule has 2 aliphatic heterocycles. The van der Waals surface area contributed by atoms with E-state index in [4.69, 9.17) is 4.74 Å². The molecule has 1 unspecified atom stereocenters. The van der Waals surface area contributed by atoms with Crippen LogP contribution < -0.4 is 15.4 Å². The number of nitrogens with zero attached hydrogens (tertiary/aromatic N) is 1. The topological polar surface area (TPSA) is 46.4 Å². The first-order valence-electron chi connectivity index (χ1n) is 10.5. The fourth-order valence-electron chi connectivity index (χ4n) is 4.05. The predicted octanol–water partition coefficient (Wildman–Crippen LogP) is 5.27. The Morgan fingerprint density at radius 1 is 1.21 bits per heavy atom. The second kappa shape index (κ2) is 8.34. The smallest absolute Gasteiger partial charge is 0.120 e. The molecule has 1 atom stereocenters. The highest BCUT2D eigenvalue weighted by atomic mass is 16.5. The molecular weight excluding hydrogens is 358 g/mol. The maximum Gasteiger partial charge on any atom is 0.120 e. The van der Waals surface area contributed by atoms with Crippen LogP contribution in [-0.4, -0.2) is 32.1 Å². The highest BCUT2D eigenvalue weighted by molar-refractivity contribution is 5.82. The Morgan fingerprint density at radius 2 is 2.03 bits per heavy atom. The molecule has 0 spiro atoms. The van der Waals surface area contributed by atoms with E-state index in [0.717, 1.165) is 37.4 Å². The Morgan fingerprint density at radius 3 is 2.69 bits per heavy atom. The molecule has 2 aliphatic rings. The van der Waals surface area contributed by atoms with Gasteiger partial charge in [-0.05, 0) is 61.7 Å². The van der Waals surface area contributed by atoms with Gasteiger partial charge in [0.15, 0.2) is 0 Å². The quantitative estimate of drug-likeness (QED) is 0.677. The van der Waals surface area contributed by atoms with E-state index in [2.05, 4.69) is 72.8 Å². The SMILES string of the molecule is CCC(Nc1cccc(OC)c1)c1cc(C2=CCN(C)CC2)ccc1C1=C(C)N1. The van der Waals surface area contributed by atoms with Gasteiger partial charge in [0.2, 0.25) is 0 Å². The summed E-state index contributed by atoms with van der Waals surface area (Å²) in [5.41, 5.74) is 9.10. The number of hydrogen-bond acceptors (Lipinski definition) is 4. The number of hydrogen-bond donors (Lipinski definition) is 2. The first-order valence-corrected chi connectivity index (χ1v) is 10.5. The van der Waals surface area contributed by atoms with Gasteiger partial charge >= 0.3 is 0 Å². The van der Waals surface area contributed by atoms with Crippen LogP contribution in [0.4, 0.5) is 5.69 Å². The lowest BCUT2D eigenvalue weighted by molar-refractivity contribution is 0.370. The van der Waals surface area contributed by atoms with Crippen molar-refractivity contribution in [1.29, 1.82) is 0 Å². The largest absolute Gasteiger partial charge is 0.497 e. The first kappa shape index (κ1) is 19.6. The molecule has 0 aromatic heterocycles. The molecule has 0 amide bonds. The van der Waals surface area contributed by atoms with Gasteiger partial charge in [-0.25, -0.2) is 0 Å². The maximum atomic E-state index is 5.40. The molecule has 29 heavy (non-hydrogen) atoms. The highest BCUT2D eigenvalue weighted by Crippen LogP contribution is 2.37. The van der Waals surface area contributed by atoms with E-state index >= 15 is 0 Å². The number of ether oxygens (including phenoxy) is 1. The van der Waals surface area contributed by atoms with Crippen LogP contribution in [0.3, 0.4) is 0 Å². The Bertz CT molecular complexity index is 960. The molecule has 0 saturated carbocycles. The number of benzene rings is 2. The summed E-state index contributed by atoms with van der Waals surface area (Å²) in [5, 5.41) is 7.16. The van der Waals surface area contributed by atoms with Gasteiger partial charge in [-0.15, -0.1) is 0 Å². The molecule has 0 aliphatic carbocycles. The molecule has 0 fully saturated rings. The van der Waals surface area contributed by atoms with Crippen molar-refractivity contribution in [2.24, 2.45) is 0 Å². The number of anilines is 1. The average molecular weight is 390 g/mol. The highest BCUT2D eigenvalue weighted by Gasteiger charge is 2.25. The molecule has 2 heterocycles. The van der Waals surface area contributed by atoms with Crippen molar-refractivity contribution >= 4 is 17.0 Å². The number of allylic oxidation sites excluding steroid dienone is 1. The minimum atomic E-state index is 0.228. The third-order valence-corrected chi connectivity index (χ3v) is 5.92. The van der Waals surface area contributed by atoms with E-state index in [-0.39, 0.29) is 6.04 Å². The van der Waals surface area contributed by atoms with Crippen LogP contribution in [0.15, 0.2) is 54.2 Å². The Labute approximate surface area is 174 Å². The summed E-state index contributed by atoms with van der Waals surface area (Å²) in [6, 6.07) is 15.4. The van der Waals surface area contributed by atoms with Crippen molar-refractivity contribution in [3.63, 3.8) is 0 Å². The standard InChI is InChI=1S/C25H31N3O/c1-5-24(27-20-7-6-8-21(16-20)29-4)23-15-19(18-11-13-28(3)14-12-18)9-10-22(23)25-17(2)26-25/h6-11,15-16,24,26-27H,5,12-14H2,1-4H3. The van der Waals surface area contributed by atoms with Crippen molar-refractivity contribution < 1.29 is 4.74 Å². The molecule has 0 bridgehead atoms. The second-order valence-electron chi connectivity index (χ2n) is 8.01. The lowest BCUT2D eigenvalue weighted by Crippen LogP contribution is -2.23. The van der Waals surface area contributed by atoms with Crippen LogP contribution in [0.1, 0.15) is 49.4 Å². The molecule has 4 rings (SSSR count). The zero-order valence-corrected chi connectivity index (χ0v) is 17.9. The molecule has 4 nitrogen and oxygen atoms in total. The zero-order chi connectivity index (χ0) is 20.4. The molecule has 4 heteroatoms. The van der Waals surface area contributed by atoms with E-state index in [9.17, 15) is 0 Å². The van der Waals surface area contributed by atoms with Crippen molar-refractivity contribution in [3.8, 4) is 5.75 Å². The third kappa shape index (κ3) is 4.33. The van der Waals surface area contributed by atoms with Gasteiger partial charge < -0.3 is 20.3 Å². The van der Waals surface area contributed by atoms with E-state index in [1.807, 2.05) is 12.1 Å². The van der Waals surface area contributed by atoms with Crippen LogP contribution in [0.5, 0.6) is 5.75 Å². The van der Waals surface area contributed by atoms with Gasteiger partial charge in [0, 0.05) is 36.1 Å². The molecular formula is C25H31N3O. The fraction of sp³-hybridized carbons (Fsp3) is 0.360. The monoisotopic (exact) mass is 389 g/mol. The Balaban J connectivity index is 1.69. The van der Waals surface area contributed by atoms with Crippen LogP contribution >= 0.6 is 0 Å². The summed E-state index contributed by atoms with van der Waals surface area (Å²) >= 11 is 0. The van der Waals surface area contributed by atoms with Crippen LogP contribution in [-0.2, 0) is 0 Å². The van der Waals surface area contributed by atoms with E-state index in [1.165, 1.54) is 33.7 Å². The predicted molar refractivity (Wildman–Crippen MR) is 122 cm³/mol. The number of likely N-dealkylation sites (N-methyl/N-ethyl adjacent to an activating group) is 1. The average Bonchev–Trinajstić information content (AvgIpc) is 3.48. The molecule has 152 valence electrons. The molecule has 0 radical (unpaired) electrons. The summed E-state index contributed by atoms with van der Waals surface area (Å²) in [7, 11) is 3.89. The molecule has 2 aromatic carbocycles. The number of rotatable bonds is 7. The zero-order valence-electron chi connectivity index (χ0n) is 17.9. The Hall–Kier alpha value is -2.72. The third-order valence-electron chi connectivity index (χ3n) is 5.92. The van der Waals surface area contributed by atoms with Crippen LogP contribution in [0, 0.1) is 0 Å². The van der Waals surface area contributed by atoms with Crippen molar-refractivity contribution in [1.82, 2.24) is 10.2 Å². The minimum Gasteiger partial charge on any atom is -0.497 e. The molecule has 2 N–H and O–H groups in total. The number of methoxy groups -OCH3 is 1. The second-order valence-corrected chi connectivity index (χ2v) is 8.01.